The molecule has 1 heterocycles. The summed E-state index contributed by atoms with van der Waals surface area (Å²) in [6, 6.07) is 5.05. The first kappa shape index (κ1) is 9.98. The molecule has 0 radical (unpaired) electrons. The normalized spacial score (nSPS) is 19.4. The number of hydrogen-bond donors (Lipinski definition) is 1. The van der Waals surface area contributed by atoms with E-state index in [2.05, 4.69) is 0 Å². The lowest BCUT2D eigenvalue weighted by molar-refractivity contribution is -0.165. The fourth-order valence-corrected chi connectivity index (χ4v) is 1.42. The van der Waals surface area contributed by atoms with Crippen LogP contribution in [0.4, 0.5) is 0 Å². The van der Waals surface area contributed by atoms with Gasteiger partial charge < -0.3 is 14.6 Å². The zero-order valence-corrected chi connectivity index (χ0v) is 8.40. The van der Waals surface area contributed by atoms with Crippen molar-refractivity contribution in [3.63, 3.8) is 0 Å². The number of hydrogen-bond acceptors (Lipinski definition) is 3. The van der Waals surface area contributed by atoms with Crippen LogP contribution < -0.4 is 4.74 Å². The summed E-state index contributed by atoms with van der Waals surface area (Å²) in [6.07, 6.45) is 0.525. The molecular formula is C11H12O4. The summed E-state index contributed by atoms with van der Waals surface area (Å²) in [6.45, 7) is 2.50. The van der Waals surface area contributed by atoms with E-state index in [0.29, 0.717) is 12.4 Å². The van der Waals surface area contributed by atoms with E-state index in [0.717, 1.165) is 12.0 Å². The van der Waals surface area contributed by atoms with E-state index in [4.69, 9.17) is 14.6 Å². The number of rotatable bonds is 3. The first-order valence-corrected chi connectivity index (χ1v) is 4.79. The average molecular weight is 208 g/mol. The number of benzene rings is 1. The number of carbonyl (C=O) groups is 1. The first-order valence-electron chi connectivity index (χ1n) is 4.79. The van der Waals surface area contributed by atoms with Gasteiger partial charge in [-0.15, -0.1) is 0 Å². The summed E-state index contributed by atoms with van der Waals surface area (Å²) >= 11 is 0. The molecule has 1 aliphatic rings. The molecule has 4 nitrogen and oxygen atoms in total. The maximum absolute atomic E-state index is 10.9. The van der Waals surface area contributed by atoms with Gasteiger partial charge in [0.1, 0.15) is 11.3 Å². The lowest BCUT2D eigenvalue weighted by atomic mass is 10.1. The van der Waals surface area contributed by atoms with Crippen molar-refractivity contribution in [3.05, 3.63) is 29.3 Å². The van der Waals surface area contributed by atoms with E-state index in [9.17, 15) is 4.79 Å². The molecule has 1 aromatic carbocycles. The molecule has 1 aromatic rings. The molecule has 80 valence electrons. The molecule has 1 atom stereocenters. The van der Waals surface area contributed by atoms with Crippen LogP contribution in [0.3, 0.4) is 0 Å². The highest BCUT2D eigenvalue weighted by Crippen LogP contribution is 2.27. The third-order valence-electron chi connectivity index (χ3n) is 2.35. The second kappa shape index (κ2) is 3.90. The van der Waals surface area contributed by atoms with Crippen LogP contribution in [0.25, 0.3) is 0 Å². The fraction of sp³-hybridized carbons (Fsp3) is 0.364. The minimum Gasteiger partial charge on any atom is -0.478 e. The van der Waals surface area contributed by atoms with Gasteiger partial charge in [0.05, 0.1) is 6.61 Å². The van der Waals surface area contributed by atoms with E-state index in [1.54, 1.807) is 6.07 Å². The Bertz CT molecular complexity index is 382. The van der Waals surface area contributed by atoms with Crippen LogP contribution in [-0.2, 0) is 4.74 Å². The zero-order chi connectivity index (χ0) is 10.8. The Hall–Kier alpha value is -1.55. The van der Waals surface area contributed by atoms with Crippen LogP contribution in [-0.4, -0.2) is 24.0 Å². The molecule has 0 bridgehead atoms. The van der Waals surface area contributed by atoms with Gasteiger partial charge in [-0.1, -0.05) is 12.1 Å². The monoisotopic (exact) mass is 208 g/mol. The highest BCUT2D eigenvalue weighted by Gasteiger charge is 2.23. The van der Waals surface area contributed by atoms with E-state index in [-0.39, 0.29) is 11.9 Å². The van der Waals surface area contributed by atoms with Gasteiger partial charge >= 0.3 is 5.97 Å². The van der Waals surface area contributed by atoms with Crippen molar-refractivity contribution in [2.45, 2.75) is 19.6 Å². The Morgan fingerprint density at radius 3 is 2.87 bits per heavy atom. The summed E-state index contributed by atoms with van der Waals surface area (Å²) in [5.74, 6) is -0.567. The van der Waals surface area contributed by atoms with Gasteiger partial charge in [-0.25, -0.2) is 4.79 Å². The fourth-order valence-electron chi connectivity index (χ4n) is 1.42. The molecule has 1 fully saturated rings. The van der Waals surface area contributed by atoms with Crippen molar-refractivity contribution < 1.29 is 19.4 Å². The molecule has 2 rings (SSSR count). The van der Waals surface area contributed by atoms with Crippen molar-refractivity contribution in [1.82, 2.24) is 0 Å². The first-order chi connectivity index (χ1) is 7.18. The lowest BCUT2D eigenvalue weighted by Crippen LogP contribution is -2.33. The van der Waals surface area contributed by atoms with Crippen LogP contribution in [0.2, 0.25) is 0 Å². The third-order valence-corrected chi connectivity index (χ3v) is 2.35. The predicted molar refractivity (Wildman–Crippen MR) is 53.1 cm³/mol. The molecule has 0 aliphatic carbocycles. The summed E-state index contributed by atoms with van der Waals surface area (Å²) in [4.78, 5) is 10.9. The van der Waals surface area contributed by atoms with E-state index in [1.165, 1.54) is 6.07 Å². The Morgan fingerprint density at radius 2 is 2.33 bits per heavy atom. The van der Waals surface area contributed by atoms with Gasteiger partial charge in [-0.05, 0) is 18.6 Å². The zero-order valence-electron chi connectivity index (χ0n) is 8.40. The van der Waals surface area contributed by atoms with Gasteiger partial charge in [0.25, 0.3) is 0 Å². The molecule has 1 saturated heterocycles. The van der Waals surface area contributed by atoms with Crippen LogP contribution in [0.15, 0.2) is 18.2 Å². The van der Waals surface area contributed by atoms with Crippen molar-refractivity contribution in [2.75, 3.05) is 6.61 Å². The lowest BCUT2D eigenvalue weighted by Gasteiger charge is -2.28. The van der Waals surface area contributed by atoms with Crippen LogP contribution >= 0.6 is 0 Å². The molecule has 0 aromatic heterocycles. The smallest absolute Gasteiger partial charge is 0.339 e. The second-order valence-corrected chi connectivity index (χ2v) is 3.46. The number of carboxylic acids is 1. The molecule has 4 heteroatoms. The molecule has 15 heavy (non-hydrogen) atoms. The van der Waals surface area contributed by atoms with E-state index >= 15 is 0 Å². The average Bonchev–Trinajstić information content (AvgIpc) is 2.12. The maximum Gasteiger partial charge on any atom is 0.339 e. The third kappa shape index (κ3) is 1.94. The summed E-state index contributed by atoms with van der Waals surface area (Å²) < 4.78 is 10.6. The van der Waals surface area contributed by atoms with Gasteiger partial charge in [-0.2, -0.15) is 0 Å². The summed E-state index contributed by atoms with van der Waals surface area (Å²) in [7, 11) is 0. The van der Waals surface area contributed by atoms with Crippen molar-refractivity contribution in [1.29, 1.82) is 0 Å². The minimum atomic E-state index is -0.979. The molecule has 0 saturated carbocycles. The minimum absolute atomic E-state index is 0.186. The highest BCUT2D eigenvalue weighted by molar-refractivity contribution is 5.91. The topological polar surface area (TPSA) is 55.8 Å². The SMILES string of the molecule is Cc1cccc(C(=O)O)c1OC1CCO1. The predicted octanol–water partition coefficient (Wildman–Crippen LogP) is 1.82. The van der Waals surface area contributed by atoms with Crippen molar-refractivity contribution >= 4 is 5.97 Å². The Labute approximate surface area is 87.4 Å². The quantitative estimate of drug-likeness (QED) is 0.823. The van der Waals surface area contributed by atoms with Gasteiger partial charge in [0.15, 0.2) is 0 Å². The second-order valence-electron chi connectivity index (χ2n) is 3.46. The van der Waals surface area contributed by atoms with Crippen LogP contribution in [0, 0.1) is 6.92 Å². The molecule has 0 amide bonds. The van der Waals surface area contributed by atoms with Crippen molar-refractivity contribution in [2.24, 2.45) is 0 Å². The Balaban J connectivity index is 2.29. The van der Waals surface area contributed by atoms with Gasteiger partial charge in [0.2, 0.25) is 6.29 Å². The largest absolute Gasteiger partial charge is 0.478 e. The Kier molecular flexibility index (Phi) is 2.60. The maximum atomic E-state index is 10.9. The number of para-hydroxylation sites is 1. The van der Waals surface area contributed by atoms with Crippen molar-refractivity contribution in [3.8, 4) is 5.75 Å². The Morgan fingerprint density at radius 1 is 1.60 bits per heavy atom. The standard InChI is InChI=1S/C11H12O4/c1-7-3-2-4-8(11(12)13)10(7)15-9-5-6-14-9/h2-4,9H,5-6H2,1H3,(H,12,13). The van der Waals surface area contributed by atoms with Gasteiger partial charge in [-0.3, -0.25) is 0 Å². The molecular weight excluding hydrogens is 196 g/mol. The number of carboxylic acid groups (broad SMARTS) is 1. The summed E-state index contributed by atoms with van der Waals surface area (Å²) in [5, 5.41) is 8.97. The van der Waals surface area contributed by atoms with E-state index < -0.39 is 5.97 Å². The molecule has 1 unspecified atom stereocenters. The molecule has 1 aliphatic heterocycles. The number of aryl methyl sites for hydroxylation is 1. The highest BCUT2D eigenvalue weighted by atomic mass is 16.7. The number of aromatic carboxylic acids is 1. The van der Waals surface area contributed by atoms with E-state index in [1.807, 2.05) is 13.0 Å². The van der Waals surface area contributed by atoms with Gasteiger partial charge in [0, 0.05) is 6.42 Å². The molecule has 0 spiro atoms. The molecule has 1 N–H and O–H groups in total. The number of ether oxygens (including phenoxy) is 2. The van der Waals surface area contributed by atoms with Crippen LogP contribution in [0.1, 0.15) is 22.3 Å². The summed E-state index contributed by atoms with van der Waals surface area (Å²) in [5.41, 5.74) is 0.996. The van der Waals surface area contributed by atoms with Crippen LogP contribution in [0.5, 0.6) is 5.75 Å².